The number of rotatable bonds is 5. The molecule has 0 aliphatic carbocycles. The summed E-state index contributed by atoms with van der Waals surface area (Å²) in [6.07, 6.45) is 3.66. The second kappa shape index (κ2) is 7.20. The Bertz CT molecular complexity index is 1090. The van der Waals surface area contributed by atoms with Gasteiger partial charge in [-0.2, -0.15) is 0 Å². The molecule has 0 spiro atoms. The number of carbonyl (C=O) groups excluding carboxylic acids is 1. The number of pyridine rings is 1. The van der Waals surface area contributed by atoms with Crippen LogP contribution in [0.15, 0.2) is 53.3 Å². The van der Waals surface area contributed by atoms with Crippen molar-refractivity contribution in [3.05, 3.63) is 70.6 Å². The van der Waals surface area contributed by atoms with Crippen molar-refractivity contribution in [2.45, 2.75) is 20.3 Å². The van der Waals surface area contributed by atoms with Crippen molar-refractivity contribution in [3.8, 4) is 22.5 Å². The van der Waals surface area contributed by atoms with E-state index in [4.69, 9.17) is 4.52 Å². The summed E-state index contributed by atoms with van der Waals surface area (Å²) in [7, 11) is 0. The number of aryl methyl sites for hydroxylation is 2. The molecule has 0 bridgehead atoms. The number of benzene rings is 1. The lowest BCUT2D eigenvalue weighted by atomic mass is 9.98. The molecule has 3 aromatic heterocycles. The van der Waals surface area contributed by atoms with E-state index in [0.29, 0.717) is 10.6 Å². The summed E-state index contributed by atoms with van der Waals surface area (Å²) in [6.45, 7) is 3.84. The van der Waals surface area contributed by atoms with Crippen LogP contribution in [0.25, 0.3) is 22.5 Å². The topological polar surface area (TPSA) is 81.8 Å². The number of nitrogens with zero attached hydrogens (tertiary/aromatic N) is 4. The van der Waals surface area contributed by atoms with Gasteiger partial charge in [0.15, 0.2) is 11.5 Å². The Morgan fingerprint density at radius 2 is 1.96 bits per heavy atom. The van der Waals surface area contributed by atoms with E-state index in [2.05, 4.69) is 32.7 Å². The SMILES string of the molecule is Cc1ccc(-c2ccno2)cc1-c1ccc(CC(=O)c2snnc2C)nc1. The average Bonchev–Trinajstić information content (AvgIpc) is 3.35. The molecule has 4 aromatic rings. The van der Waals surface area contributed by atoms with E-state index < -0.39 is 0 Å². The van der Waals surface area contributed by atoms with Gasteiger partial charge in [-0.25, -0.2) is 0 Å². The Morgan fingerprint density at radius 1 is 1.11 bits per heavy atom. The van der Waals surface area contributed by atoms with Crippen LogP contribution in [-0.2, 0) is 6.42 Å². The van der Waals surface area contributed by atoms with Crippen molar-refractivity contribution in [2.24, 2.45) is 0 Å². The van der Waals surface area contributed by atoms with Crippen LogP contribution in [-0.4, -0.2) is 25.5 Å². The third-order valence-electron chi connectivity index (χ3n) is 4.34. The van der Waals surface area contributed by atoms with E-state index in [0.717, 1.165) is 45.2 Å². The standard InChI is InChI=1S/C20H16N4O2S/c1-12-3-4-14(19-7-8-22-26-19)9-17(12)15-5-6-16(21-11-15)10-18(25)20-13(2)23-24-27-20/h3-9,11H,10H2,1-2H3. The molecular weight excluding hydrogens is 360 g/mol. The van der Waals surface area contributed by atoms with Crippen LogP contribution >= 0.6 is 11.5 Å². The summed E-state index contributed by atoms with van der Waals surface area (Å²) in [5.74, 6) is 0.714. The smallest absolute Gasteiger partial charge is 0.182 e. The molecule has 6 nitrogen and oxygen atoms in total. The van der Waals surface area contributed by atoms with Crippen molar-refractivity contribution in [3.63, 3.8) is 0 Å². The highest BCUT2D eigenvalue weighted by Crippen LogP contribution is 2.29. The summed E-state index contributed by atoms with van der Waals surface area (Å²) < 4.78 is 9.06. The first-order valence-electron chi connectivity index (χ1n) is 8.41. The first-order chi connectivity index (χ1) is 13.1. The fraction of sp³-hybridized carbons (Fsp3) is 0.150. The van der Waals surface area contributed by atoms with Gasteiger partial charge in [0.05, 0.1) is 18.3 Å². The predicted molar refractivity (Wildman–Crippen MR) is 103 cm³/mol. The Balaban J connectivity index is 1.58. The molecule has 0 aliphatic heterocycles. The van der Waals surface area contributed by atoms with Crippen molar-refractivity contribution in [1.82, 2.24) is 19.7 Å². The van der Waals surface area contributed by atoms with Crippen molar-refractivity contribution in [2.75, 3.05) is 0 Å². The molecule has 0 fully saturated rings. The minimum atomic E-state index is -0.00810. The first kappa shape index (κ1) is 17.2. The fourth-order valence-electron chi connectivity index (χ4n) is 2.87. The third-order valence-corrected chi connectivity index (χ3v) is 5.21. The van der Waals surface area contributed by atoms with Crippen LogP contribution in [0.5, 0.6) is 0 Å². The highest BCUT2D eigenvalue weighted by atomic mass is 32.1. The monoisotopic (exact) mass is 376 g/mol. The number of hydrogen-bond acceptors (Lipinski definition) is 7. The van der Waals surface area contributed by atoms with Crippen LogP contribution in [0.2, 0.25) is 0 Å². The highest BCUT2D eigenvalue weighted by molar-refractivity contribution is 7.08. The van der Waals surface area contributed by atoms with Crippen molar-refractivity contribution >= 4 is 17.3 Å². The Hall–Kier alpha value is -3.19. The molecule has 27 heavy (non-hydrogen) atoms. The number of hydrogen-bond donors (Lipinski definition) is 0. The molecule has 134 valence electrons. The molecule has 0 unspecified atom stereocenters. The number of ketones is 1. The second-order valence-electron chi connectivity index (χ2n) is 6.23. The predicted octanol–water partition coefficient (Wildman–Crippen LogP) is 4.30. The normalized spacial score (nSPS) is 10.9. The third kappa shape index (κ3) is 3.54. The van der Waals surface area contributed by atoms with Crippen molar-refractivity contribution < 1.29 is 9.32 Å². The maximum atomic E-state index is 12.4. The fourth-order valence-corrected chi connectivity index (χ4v) is 3.46. The summed E-state index contributed by atoms with van der Waals surface area (Å²) >= 11 is 1.13. The Labute approximate surface area is 160 Å². The van der Waals surface area contributed by atoms with Gasteiger partial charge < -0.3 is 4.52 Å². The lowest BCUT2D eigenvalue weighted by Gasteiger charge is -2.08. The molecule has 0 amide bonds. The first-order valence-corrected chi connectivity index (χ1v) is 9.18. The van der Waals surface area contributed by atoms with Gasteiger partial charge in [0.1, 0.15) is 4.88 Å². The number of aromatic nitrogens is 4. The van der Waals surface area contributed by atoms with E-state index in [1.54, 1.807) is 19.3 Å². The van der Waals surface area contributed by atoms with Gasteiger partial charge in [-0.05, 0) is 48.6 Å². The molecule has 7 heteroatoms. The number of carbonyl (C=O) groups is 1. The Morgan fingerprint density at radius 3 is 2.63 bits per heavy atom. The van der Waals surface area contributed by atoms with E-state index >= 15 is 0 Å². The van der Waals surface area contributed by atoms with Crippen LogP contribution in [0.3, 0.4) is 0 Å². The van der Waals surface area contributed by atoms with Gasteiger partial charge in [0.25, 0.3) is 0 Å². The van der Waals surface area contributed by atoms with Crippen LogP contribution in [0.4, 0.5) is 0 Å². The zero-order chi connectivity index (χ0) is 18.8. The molecule has 4 rings (SSSR count). The molecule has 0 aliphatic rings. The van der Waals surface area contributed by atoms with E-state index in [9.17, 15) is 4.79 Å². The molecular formula is C20H16N4O2S. The molecule has 0 saturated heterocycles. The molecule has 1 aromatic carbocycles. The van der Waals surface area contributed by atoms with Gasteiger partial charge >= 0.3 is 0 Å². The summed E-state index contributed by atoms with van der Waals surface area (Å²) in [6, 6.07) is 11.8. The van der Waals surface area contributed by atoms with Crippen molar-refractivity contribution in [1.29, 1.82) is 0 Å². The zero-order valence-corrected chi connectivity index (χ0v) is 15.7. The van der Waals surface area contributed by atoms with Gasteiger partial charge in [-0.3, -0.25) is 9.78 Å². The molecule has 3 heterocycles. The van der Waals surface area contributed by atoms with E-state index in [1.165, 1.54) is 0 Å². The summed E-state index contributed by atoms with van der Waals surface area (Å²) in [4.78, 5) is 17.4. The van der Waals surface area contributed by atoms with Crippen LogP contribution in [0.1, 0.15) is 26.6 Å². The second-order valence-corrected chi connectivity index (χ2v) is 6.99. The highest BCUT2D eigenvalue weighted by Gasteiger charge is 2.15. The minimum absolute atomic E-state index is 0.00810. The molecule has 0 N–H and O–H groups in total. The maximum absolute atomic E-state index is 12.4. The van der Waals surface area contributed by atoms with Gasteiger partial charge in [0, 0.05) is 29.1 Å². The molecule has 0 atom stereocenters. The maximum Gasteiger partial charge on any atom is 0.182 e. The quantitative estimate of drug-likeness (QED) is 0.483. The average molecular weight is 376 g/mol. The lowest BCUT2D eigenvalue weighted by Crippen LogP contribution is -2.04. The summed E-state index contributed by atoms with van der Waals surface area (Å²) in [5.41, 5.74) is 5.54. The number of Topliss-reactive ketones (excluding diaryl/α,β-unsaturated/α-hetero) is 1. The van der Waals surface area contributed by atoms with Crippen LogP contribution in [0, 0.1) is 13.8 Å². The zero-order valence-electron chi connectivity index (χ0n) is 14.8. The van der Waals surface area contributed by atoms with Gasteiger partial charge in [-0.1, -0.05) is 27.8 Å². The summed E-state index contributed by atoms with van der Waals surface area (Å²) in [5, 5.41) is 7.65. The molecule has 0 saturated carbocycles. The van der Waals surface area contributed by atoms with Crippen LogP contribution < -0.4 is 0 Å². The molecule has 0 radical (unpaired) electrons. The van der Waals surface area contributed by atoms with Gasteiger partial charge in [0.2, 0.25) is 0 Å². The minimum Gasteiger partial charge on any atom is -0.356 e. The van der Waals surface area contributed by atoms with Gasteiger partial charge in [-0.15, -0.1) is 5.10 Å². The largest absolute Gasteiger partial charge is 0.356 e. The van der Waals surface area contributed by atoms with E-state index in [-0.39, 0.29) is 12.2 Å². The lowest BCUT2D eigenvalue weighted by molar-refractivity contribution is 0.0995. The Kier molecular flexibility index (Phi) is 4.60. The van der Waals surface area contributed by atoms with E-state index in [1.807, 2.05) is 30.3 Å².